The number of carbonyl (C=O) groups is 2. The van der Waals surface area contributed by atoms with Crippen LogP contribution in [0, 0.1) is 12.7 Å². The number of amides is 1. The number of likely N-dealkylation sites (N-methyl/N-ethyl adjacent to an activating group) is 1. The molecule has 0 aliphatic heterocycles. The number of carbonyl (C=O) groups excluding carboxylic acids is 2. The number of nitrogens with zero attached hydrogens (tertiary/aromatic N) is 1. The zero-order chi connectivity index (χ0) is 15.4. The van der Waals surface area contributed by atoms with Crippen LogP contribution in [-0.2, 0) is 9.53 Å². The molecule has 0 saturated heterocycles. The molecule has 0 aliphatic carbocycles. The van der Waals surface area contributed by atoms with Crippen LogP contribution < -0.4 is 5.73 Å². The highest BCUT2D eigenvalue weighted by molar-refractivity contribution is 5.92. The van der Waals surface area contributed by atoms with Gasteiger partial charge in [0, 0.05) is 18.8 Å². The molecule has 0 heterocycles. The maximum atomic E-state index is 13.8. The Labute approximate surface area is 117 Å². The minimum absolute atomic E-state index is 0.00690. The van der Waals surface area contributed by atoms with Crippen LogP contribution in [0.4, 0.5) is 10.1 Å². The lowest BCUT2D eigenvalue weighted by atomic mass is 10.1. The summed E-state index contributed by atoms with van der Waals surface area (Å²) in [5.41, 5.74) is 5.82. The van der Waals surface area contributed by atoms with Crippen molar-refractivity contribution in [3.05, 3.63) is 29.1 Å². The van der Waals surface area contributed by atoms with E-state index >= 15 is 0 Å². The summed E-state index contributed by atoms with van der Waals surface area (Å²) in [4.78, 5) is 24.9. The van der Waals surface area contributed by atoms with E-state index in [1.165, 1.54) is 24.0 Å². The SMILES string of the molecule is Cc1cc(N)cc(C(=O)OCC(=O)N(C)C(C)C)c1F. The Hall–Kier alpha value is -2.11. The van der Waals surface area contributed by atoms with Gasteiger partial charge in [0.2, 0.25) is 0 Å². The Kier molecular flexibility index (Phi) is 5.07. The van der Waals surface area contributed by atoms with Gasteiger partial charge in [-0.3, -0.25) is 4.79 Å². The quantitative estimate of drug-likeness (QED) is 0.674. The number of halogens is 1. The summed E-state index contributed by atoms with van der Waals surface area (Å²) in [6, 6.07) is 2.61. The van der Waals surface area contributed by atoms with E-state index < -0.39 is 18.4 Å². The largest absolute Gasteiger partial charge is 0.452 e. The molecule has 0 spiro atoms. The molecule has 110 valence electrons. The zero-order valence-electron chi connectivity index (χ0n) is 12.1. The predicted octanol–water partition coefficient (Wildman–Crippen LogP) is 1.74. The van der Waals surface area contributed by atoms with Gasteiger partial charge in [-0.1, -0.05) is 0 Å². The first-order chi connectivity index (χ1) is 9.23. The summed E-state index contributed by atoms with van der Waals surface area (Å²) in [6.07, 6.45) is 0. The molecule has 0 aliphatic rings. The molecule has 1 amide bonds. The number of aryl methyl sites for hydroxylation is 1. The molecule has 0 aromatic heterocycles. The lowest BCUT2D eigenvalue weighted by Gasteiger charge is -2.21. The van der Waals surface area contributed by atoms with E-state index in [2.05, 4.69) is 0 Å². The molecule has 0 saturated carbocycles. The zero-order valence-corrected chi connectivity index (χ0v) is 12.1. The highest BCUT2D eigenvalue weighted by Crippen LogP contribution is 2.18. The highest BCUT2D eigenvalue weighted by Gasteiger charge is 2.19. The third kappa shape index (κ3) is 3.69. The van der Waals surface area contributed by atoms with Crippen molar-refractivity contribution in [2.45, 2.75) is 26.8 Å². The van der Waals surface area contributed by atoms with E-state index in [0.717, 1.165) is 0 Å². The number of hydrogen-bond donors (Lipinski definition) is 1. The molecule has 0 radical (unpaired) electrons. The number of ether oxygens (including phenoxy) is 1. The van der Waals surface area contributed by atoms with Gasteiger partial charge in [-0.25, -0.2) is 9.18 Å². The fourth-order valence-electron chi connectivity index (χ4n) is 1.54. The summed E-state index contributed by atoms with van der Waals surface area (Å²) in [6.45, 7) is 4.74. The Bertz CT molecular complexity index is 529. The predicted molar refractivity (Wildman–Crippen MR) is 73.7 cm³/mol. The van der Waals surface area contributed by atoms with E-state index in [0.29, 0.717) is 0 Å². The molecule has 0 unspecified atom stereocenters. The van der Waals surface area contributed by atoms with Crippen LogP contribution in [0.3, 0.4) is 0 Å². The molecule has 0 fully saturated rings. The van der Waals surface area contributed by atoms with Crippen LogP contribution in [0.5, 0.6) is 0 Å². The van der Waals surface area contributed by atoms with Crippen molar-refractivity contribution in [2.24, 2.45) is 0 Å². The van der Waals surface area contributed by atoms with E-state index in [-0.39, 0.29) is 28.8 Å². The summed E-state index contributed by atoms with van der Waals surface area (Å²) in [5.74, 6) is -1.94. The van der Waals surface area contributed by atoms with Crippen LogP contribution in [0.2, 0.25) is 0 Å². The minimum Gasteiger partial charge on any atom is -0.452 e. The molecule has 0 bridgehead atoms. The van der Waals surface area contributed by atoms with Gasteiger partial charge in [0.1, 0.15) is 5.82 Å². The van der Waals surface area contributed by atoms with Gasteiger partial charge < -0.3 is 15.4 Å². The first-order valence-electron chi connectivity index (χ1n) is 6.22. The minimum atomic E-state index is -0.900. The van der Waals surface area contributed by atoms with E-state index in [4.69, 9.17) is 10.5 Å². The normalized spacial score (nSPS) is 10.5. The van der Waals surface area contributed by atoms with Crippen molar-refractivity contribution < 1.29 is 18.7 Å². The Morgan fingerprint density at radius 2 is 2.00 bits per heavy atom. The number of rotatable bonds is 4. The first-order valence-corrected chi connectivity index (χ1v) is 6.22. The van der Waals surface area contributed by atoms with Gasteiger partial charge in [0.15, 0.2) is 6.61 Å². The van der Waals surface area contributed by atoms with Gasteiger partial charge in [0.25, 0.3) is 5.91 Å². The first kappa shape index (κ1) is 15.9. The highest BCUT2D eigenvalue weighted by atomic mass is 19.1. The second kappa shape index (κ2) is 6.36. The van der Waals surface area contributed by atoms with Crippen molar-refractivity contribution in [1.82, 2.24) is 4.90 Å². The van der Waals surface area contributed by atoms with Crippen LogP contribution >= 0.6 is 0 Å². The van der Waals surface area contributed by atoms with E-state index in [1.807, 2.05) is 13.8 Å². The lowest BCUT2D eigenvalue weighted by molar-refractivity contribution is -0.134. The summed E-state index contributed by atoms with van der Waals surface area (Å²) < 4.78 is 18.6. The fraction of sp³-hybridized carbons (Fsp3) is 0.429. The number of anilines is 1. The maximum absolute atomic E-state index is 13.8. The molecule has 1 rings (SSSR count). The summed E-state index contributed by atoms with van der Waals surface area (Å²) >= 11 is 0. The van der Waals surface area contributed by atoms with Crippen molar-refractivity contribution in [2.75, 3.05) is 19.4 Å². The Balaban J connectivity index is 2.76. The molecule has 2 N–H and O–H groups in total. The second-order valence-electron chi connectivity index (χ2n) is 4.87. The van der Waals surface area contributed by atoms with Gasteiger partial charge >= 0.3 is 5.97 Å². The molecule has 0 atom stereocenters. The monoisotopic (exact) mass is 282 g/mol. The third-order valence-corrected chi connectivity index (χ3v) is 2.99. The number of hydrogen-bond acceptors (Lipinski definition) is 4. The van der Waals surface area contributed by atoms with E-state index in [1.54, 1.807) is 7.05 Å². The molecule has 5 nitrogen and oxygen atoms in total. The van der Waals surface area contributed by atoms with Gasteiger partial charge in [0.05, 0.1) is 5.56 Å². The smallest absolute Gasteiger partial charge is 0.341 e. The lowest BCUT2D eigenvalue weighted by Crippen LogP contribution is -2.36. The Morgan fingerprint density at radius 1 is 1.40 bits per heavy atom. The van der Waals surface area contributed by atoms with Crippen LogP contribution in [0.25, 0.3) is 0 Å². The van der Waals surface area contributed by atoms with Crippen molar-refractivity contribution in [3.63, 3.8) is 0 Å². The van der Waals surface area contributed by atoms with Gasteiger partial charge in [-0.15, -0.1) is 0 Å². The standard InChI is InChI=1S/C14H19FN2O3/c1-8(2)17(4)12(18)7-20-14(19)11-6-10(16)5-9(3)13(11)15/h5-6,8H,7,16H2,1-4H3. The van der Waals surface area contributed by atoms with Crippen molar-refractivity contribution >= 4 is 17.6 Å². The van der Waals surface area contributed by atoms with Crippen LogP contribution in [0.15, 0.2) is 12.1 Å². The van der Waals surface area contributed by atoms with Crippen molar-refractivity contribution in [3.8, 4) is 0 Å². The topological polar surface area (TPSA) is 72.6 Å². The average molecular weight is 282 g/mol. The second-order valence-corrected chi connectivity index (χ2v) is 4.87. The fourth-order valence-corrected chi connectivity index (χ4v) is 1.54. The molecular formula is C14H19FN2O3. The molecule has 1 aromatic rings. The number of benzene rings is 1. The Morgan fingerprint density at radius 3 is 2.55 bits per heavy atom. The van der Waals surface area contributed by atoms with Crippen LogP contribution in [-0.4, -0.2) is 36.5 Å². The molecule has 1 aromatic carbocycles. The average Bonchev–Trinajstić information content (AvgIpc) is 2.38. The maximum Gasteiger partial charge on any atom is 0.341 e. The van der Waals surface area contributed by atoms with Crippen molar-refractivity contribution in [1.29, 1.82) is 0 Å². The summed E-state index contributed by atoms with van der Waals surface area (Å²) in [5, 5.41) is 0. The third-order valence-electron chi connectivity index (χ3n) is 2.99. The van der Waals surface area contributed by atoms with Gasteiger partial charge in [-0.2, -0.15) is 0 Å². The molecule has 20 heavy (non-hydrogen) atoms. The number of esters is 1. The number of nitrogens with two attached hydrogens (primary N) is 1. The van der Waals surface area contributed by atoms with Gasteiger partial charge in [-0.05, 0) is 38.5 Å². The summed E-state index contributed by atoms with van der Waals surface area (Å²) in [7, 11) is 1.60. The molecular weight excluding hydrogens is 263 g/mol. The number of nitrogen functional groups attached to an aromatic ring is 1. The molecule has 6 heteroatoms. The van der Waals surface area contributed by atoms with E-state index in [9.17, 15) is 14.0 Å². The van der Waals surface area contributed by atoms with Crippen LogP contribution in [0.1, 0.15) is 29.8 Å².